The molecule has 0 spiro atoms. The molecule has 1 aliphatic rings. The van der Waals surface area contributed by atoms with Gasteiger partial charge in [0.1, 0.15) is 11.3 Å². The molecule has 0 aliphatic carbocycles. The Morgan fingerprint density at radius 1 is 1.13 bits per heavy atom. The van der Waals surface area contributed by atoms with Crippen molar-refractivity contribution in [2.45, 2.75) is 65.1 Å². The maximum atomic E-state index is 13.4. The van der Waals surface area contributed by atoms with Crippen LogP contribution in [0.5, 0.6) is 0 Å². The molecule has 1 unspecified atom stereocenters. The van der Waals surface area contributed by atoms with Gasteiger partial charge in [-0.25, -0.2) is 9.78 Å². The molecule has 5 rings (SSSR count). The summed E-state index contributed by atoms with van der Waals surface area (Å²) in [5.41, 5.74) is 2.32. The van der Waals surface area contributed by atoms with Crippen molar-refractivity contribution in [3.8, 4) is 11.3 Å². The van der Waals surface area contributed by atoms with Crippen LogP contribution in [0.3, 0.4) is 0 Å². The maximum absolute atomic E-state index is 13.4. The average molecular weight is 531 g/mol. The molecule has 10 heteroatoms. The lowest BCUT2D eigenvalue weighted by atomic mass is 10.1. The van der Waals surface area contributed by atoms with Crippen molar-refractivity contribution >= 4 is 22.8 Å². The van der Waals surface area contributed by atoms with Gasteiger partial charge in [-0.05, 0) is 56.0 Å². The number of hydrogen-bond donors (Lipinski definition) is 1. The van der Waals surface area contributed by atoms with Gasteiger partial charge < -0.3 is 9.72 Å². The van der Waals surface area contributed by atoms with E-state index in [4.69, 9.17) is 4.74 Å². The number of aromatic amines is 1. The molecule has 1 saturated heterocycles. The lowest BCUT2D eigenvalue weighted by molar-refractivity contribution is 0.0915. The summed E-state index contributed by atoms with van der Waals surface area (Å²) in [7, 11) is 0. The summed E-state index contributed by atoms with van der Waals surface area (Å²) >= 11 is 0. The van der Waals surface area contributed by atoms with E-state index in [0.29, 0.717) is 54.3 Å². The number of nitrogens with one attached hydrogen (secondary N) is 1. The Morgan fingerprint density at radius 3 is 2.67 bits per heavy atom. The van der Waals surface area contributed by atoms with Crippen molar-refractivity contribution in [1.29, 1.82) is 0 Å². The first-order valence-corrected chi connectivity index (χ1v) is 13.7. The topological polar surface area (TPSA) is 115 Å². The first-order valence-electron chi connectivity index (χ1n) is 13.7. The number of carbonyl (C=O) groups is 1. The molecule has 1 amide bonds. The third kappa shape index (κ3) is 5.42. The van der Waals surface area contributed by atoms with Gasteiger partial charge in [-0.1, -0.05) is 20.3 Å². The molecule has 39 heavy (non-hydrogen) atoms. The number of aromatic nitrogens is 5. The minimum Gasteiger partial charge on any atom is -0.376 e. The summed E-state index contributed by atoms with van der Waals surface area (Å²) in [5.74, 6) is 0.310. The van der Waals surface area contributed by atoms with Crippen molar-refractivity contribution in [3.63, 3.8) is 0 Å². The molecule has 5 heterocycles. The van der Waals surface area contributed by atoms with Gasteiger partial charge in [0, 0.05) is 49.5 Å². The predicted octanol–water partition coefficient (Wildman–Crippen LogP) is 3.98. The molecule has 0 radical (unpaired) electrons. The number of aryl methyl sites for hydroxylation is 1. The number of rotatable bonds is 10. The molecule has 1 fully saturated rings. The molecule has 10 nitrogen and oxygen atoms in total. The number of fused-ring (bicyclic) bond motifs is 1. The van der Waals surface area contributed by atoms with E-state index in [-0.39, 0.29) is 23.3 Å². The van der Waals surface area contributed by atoms with Crippen molar-refractivity contribution in [2.75, 3.05) is 18.1 Å². The minimum absolute atomic E-state index is 0.0500. The van der Waals surface area contributed by atoms with Crippen LogP contribution in [-0.4, -0.2) is 49.2 Å². The highest BCUT2D eigenvalue weighted by molar-refractivity contribution is 6.05. The van der Waals surface area contributed by atoms with Gasteiger partial charge in [-0.15, -0.1) is 0 Å². The van der Waals surface area contributed by atoms with Crippen LogP contribution in [0.2, 0.25) is 0 Å². The molecule has 204 valence electrons. The number of unbranched alkanes of at least 4 members (excludes halogenated alkanes) is 1. The standard InChI is InChI=1S/C29H34N6O4/c1-3-5-14-34-28(37)26-24(33(13-4-2)29(34)38)16-23(32-26)20-10-11-25(31-18-20)35(19-22-9-7-15-39-22)27(36)21-8-6-12-30-17-21/h6,8,10-12,16-18,22,32H,3-5,7,9,13-15,19H2,1-2H3. The number of anilines is 1. The average Bonchev–Trinajstić information content (AvgIpc) is 3.65. The highest BCUT2D eigenvalue weighted by Gasteiger charge is 2.26. The minimum atomic E-state index is -0.309. The first kappa shape index (κ1) is 26.6. The monoisotopic (exact) mass is 530 g/mol. The third-order valence-corrected chi connectivity index (χ3v) is 7.09. The number of H-pyrrole nitrogens is 1. The molecule has 4 aromatic heterocycles. The quantitative estimate of drug-likeness (QED) is 0.332. The van der Waals surface area contributed by atoms with Crippen LogP contribution in [0.15, 0.2) is 58.5 Å². The van der Waals surface area contributed by atoms with Gasteiger partial charge in [0.05, 0.1) is 23.7 Å². The fourth-order valence-electron chi connectivity index (χ4n) is 5.02. The highest BCUT2D eigenvalue weighted by atomic mass is 16.5. The van der Waals surface area contributed by atoms with Gasteiger partial charge >= 0.3 is 5.69 Å². The molecule has 0 aromatic carbocycles. The van der Waals surface area contributed by atoms with E-state index in [0.717, 1.165) is 37.7 Å². The smallest absolute Gasteiger partial charge is 0.331 e. The van der Waals surface area contributed by atoms with Crippen molar-refractivity contribution in [3.05, 3.63) is 75.3 Å². The second kappa shape index (κ2) is 11.8. The van der Waals surface area contributed by atoms with Crippen LogP contribution in [0.4, 0.5) is 5.82 Å². The van der Waals surface area contributed by atoms with E-state index in [1.807, 2.05) is 26.0 Å². The number of ether oxygens (including phenoxy) is 1. The van der Waals surface area contributed by atoms with Crippen LogP contribution in [0.1, 0.15) is 56.3 Å². The molecule has 1 atom stereocenters. The fraction of sp³-hybridized carbons (Fsp3) is 0.414. The van der Waals surface area contributed by atoms with Gasteiger partial charge in [0.15, 0.2) is 0 Å². The van der Waals surface area contributed by atoms with E-state index in [9.17, 15) is 14.4 Å². The Morgan fingerprint density at radius 2 is 2.00 bits per heavy atom. The third-order valence-electron chi connectivity index (χ3n) is 7.09. The molecular weight excluding hydrogens is 496 g/mol. The van der Waals surface area contributed by atoms with Crippen LogP contribution in [-0.2, 0) is 17.8 Å². The highest BCUT2D eigenvalue weighted by Crippen LogP contribution is 2.25. The van der Waals surface area contributed by atoms with Crippen LogP contribution in [0.25, 0.3) is 22.3 Å². The van der Waals surface area contributed by atoms with Crippen molar-refractivity contribution in [1.82, 2.24) is 24.1 Å². The number of nitrogens with zero attached hydrogens (tertiary/aromatic N) is 5. The Kier molecular flexibility index (Phi) is 8.02. The van der Waals surface area contributed by atoms with Gasteiger partial charge in [0.2, 0.25) is 0 Å². The number of pyridine rings is 2. The Bertz CT molecular complexity index is 1550. The van der Waals surface area contributed by atoms with Crippen molar-refractivity contribution < 1.29 is 9.53 Å². The lowest BCUT2D eigenvalue weighted by Crippen LogP contribution is -2.40. The van der Waals surface area contributed by atoms with E-state index in [1.54, 1.807) is 46.3 Å². The molecule has 0 bridgehead atoms. The Hall–Kier alpha value is -4.05. The summed E-state index contributed by atoms with van der Waals surface area (Å²) in [6.45, 7) is 6.03. The first-order chi connectivity index (χ1) is 19.0. The van der Waals surface area contributed by atoms with Crippen LogP contribution in [0, 0.1) is 0 Å². The van der Waals surface area contributed by atoms with E-state index in [1.165, 1.54) is 4.57 Å². The zero-order valence-electron chi connectivity index (χ0n) is 22.4. The SMILES string of the molecule is CCCCn1c(=O)c2[nH]c(-c3ccc(N(CC4CCCO4)C(=O)c4cccnc4)nc3)cc2n(CCC)c1=O. The van der Waals surface area contributed by atoms with E-state index in [2.05, 4.69) is 15.0 Å². The Balaban J connectivity index is 1.51. The number of hydrogen-bond acceptors (Lipinski definition) is 6. The summed E-state index contributed by atoms with van der Waals surface area (Å²) in [4.78, 5) is 53.3. The molecule has 1 N–H and O–H groups in total. The predicted molar refractivity (Wildman–Crippen MR) is 150 cm³/mol. The second-order valence-corrected chi connectivity index (χ2v) is 9.89. The fourth-order valence-corrected chi connectivity index (χ4v) is 5.02. The molecule has 0 saturated carbocycles. The normalized spacial score (nSPS) is 15.2. The van der Waals surface area contributed by atoms with E-state index >= 15 is 0 Å². The lowest BCUT2D eigenvalue weighted by Gasteiger charge is -2.24. The number of amides is 1. The Labute approximate surface area is 226 Å². The second-order valence-electron chi connectivity index (χ2n) is 9.89. The van der Waals surface area contributed by atoms with E-state index < -0.39 is 0 Å². The van der Waals surface area contributed by atoms with Gasteiger partial charge in [-0.3, -0.25) is 28.6 Å². The number of carbonyl (C=O) groups excluding carboxylic acids is 1. The van der Waals surface area contributed by atoms with Gasteiger partial charge in [-0.2, -0.15) is 0 Å². The maximum Gasteiger partial charge on any atom is 0.331 e. The van der Waals surface area contributed by atoms with Crippen LogP contribution >= 0.6 is 0 Å². The molecule has 1 aliphatic heterocycles. The largest absolute Gasteiger partial charge is 0.376 e. The molecular formula is C29H34N6O4. The zero-order valence-corrected chi connectivity index (χ0v) is 22.4. The summed E-state index contributed by atoms with van der Waals surface area (Å²) < 4.78 is 8.80. The summed E-state index contributed by atoms with van der Waals surface area (Å²) in [6, 6.07) is 8.96. The molecule has 4 aromatic rings. The zero-order chi connectivity index (χ0) is 27.4. The van der Waals surface area contributed by atoms with Gasteiger partial charge in [0.25, 0.3) is 11.5 Å². The van der Waals surface area contributed by atoms with Crippen molar-refractivity contribution in [2.24, 2.45) is 0 Å². The summed E-state index contributed by atoms with van der Waals surface area (Å²) in [5, 5.41) is 0. The van der Waals surface area contributed by atoms with Crippen LogP contribution < -0.4 is 16.1 Å². The summed E-state index contributed by atoms with van der Waals surface area (Å²) in [6.07, 6.45) is 9.07.